The first-order valence-corrected chi connectivity index (χ1v) is 12.3. The minimum Gasteiger partial charge on any atom is -0.445 e. The van der Waals surface area contributed by atoms with E-state index in [1.54, 1.807) is 11.1 Å². The molecule has 0 saturated carbocycles. The summed E-state index contributed by atoms with van der Waals surface area (Å²) >= 11 is 5.93. The summed E-state index contributed by atoms with van der Waals surface area (Å²) in [5.41, 5.74) is 1.09. The highest BCUT2D eigenvalue weighted by Crippen LogP contribution is 2.28. The molecule has 9 heteroatoms. The van der Waals surface area contributed by atoms with Gasteiger partial charge in [0, 0.05) is 31.1 Å². The van der Waals surface area contributed by atoms with Crippen LogP contribution in [-0.4, -0.2) is 60.4 Å². The Hall–Kier alpha value is -1.90. The lowest BCUT2D eigenvalue weighted by atomic mass is 9.98. The van der Waals surface area contributed by atoms with E-state index in [4.69, 9.17) is 16.0 Å². The van der Waals surface area contributed by atoms with Crippen LogP contribution in [0.3, 0.4) is 0 Å². The van der Waals surface area contributed by atoms with Crippen LogP contribution in [0.1, 0.15) is 48.8 Å². The van der Waals surface area contributed by atoms with Crippen molar-refractivity contribution in [1.29, 1.82) is 0 Å². The van der Waals surface area contributed by atoms with Crippen molar-refractivity contribution < 1.29 is 17.6 Å². The molecular weight excluding hydrogens is 426 g/mol. The second-order valence-electron chi connectivity index (χ2n) is 8.00. The maximum Gasteiger partial charge on any atom is 0.237 e. The van der Waals surface area contributed by atoms with E-state index in [-0.39, 0.29) is 24.1 Å². The van der Waals surface area contributed by atoms with Gasteiger partial charge in [-0.05, 0) is 43.4 Å². The van der Waals surface area contributed by atoms with Crippen LogP contribution >= 0.6 is 11.6 Å². The molecule has 3 heterocycles. The van der Waals surface area contributed by atoms with Crippen molar-refractivity contribution >= 4 is 27.5 Å². The molecule has 0 radical (unpaired) electrons. The van der Waals surface area contributed by atoms with Crippen molar-refractivity contribution in [1.82, 2.24) is 14.2 Å². The third-order valence-corrected chi connectivity index (χ3v) is 7.91. The number of sulfonamides is 1. The summed E-state index contributed by atoms with van der Waals surface area (Å²) in [5, 5.41) is 0.696. The van der Waals surface area contributed by atoms with E-state index >= 15 is 0 Å². The number of carbonyl (C=O) groups excluding carboxylic acids is 1. The van der Waals surface area contributed by atoms with Crippen LogP contribution in [0.4, 0.5) is 0 Å². The van der Waals surface area contributed by atoms with Gasteiger partial charge in [-0.2, -0.15) is 4.31 Å². The van der Waals surface area contributed by atoms with Gasteiger partial charge in [0.1, 0.15) is 5.76 Å². The van der Waals surface area contributed by atoms with Crippen LogP contribution in [0.5, 0.6) is 0 Å². The molecule has 1 atom stereocenters. The van der Waals surface area contributed by atoms with Gasteiger partial charge in [0.15, 0.2) is 5.89 Å². The molecule has 2 aliphatic heterocycles. The van der Waals surface area contributed by atoms with Crippen LogP contribution in [0.25, 0.3) is 0 Å². The molecular formula is C21H26ClN3O4S. The number of hydrogen-bond acceptors (Lipinski definition) is 5. The summed E-state index contributed by atoms with van der Waals surface area (Å²) < 4.78 is 31.7. The van der Waals surface area contributed by atoms with Crippen LogP contribution in [0.15, 0.2) is 34.9 Å². The molecule has 0 aliphatic carbocycles. The number of oxazole rings is 1. The van der Waals surface area contributed by atoms with Crippen LogP contribution in [0, 0.1) is 0 Å². The number of halogens is 1. The predicted molar refractivity (Wildman–Crippen MR) is 114 cm³/mol. The zero-order valence-electron chi connectivity index (χ0n) is 16.8. The Balaban J connectivity index is 1.37. The first kappa shape index (κ1) is 21.3. The highest BCUT2D eigenvalue weighted by atomic mass is 35.5. The van der Waals surface area contributed by atoms with Crippen molar-refractivity contribution in [3.8, 4) is 0 Å². The SMILES string of the molecule is O=C(CN1CCCCS1(=O)=O)N1CCC[C@@H](c2ncc(Cc3ccc(Cl)cc3)o2)C1. The van der Waals surface area contributed by atoms with E-state index in [0.717, 1.165) is 30.6 Å². The number of likely N-dealkylation sites (tertiary alicyclic amines) is 1. The molecule has 7 nitrogen and oxygen atoms in total. The molecule has 0 unspecified atom stereocenters. The van der Waals surface area contributed by atoms with Gasteiger partial charge in [0.2, 0.25) is 15.9 Å². The molecule has 0 N–H and O–H groups in total. The maximum absolute atomic E-state index is 12.8. The van der Waals surface area contributed by atoms with E-state index < -0.39 is 10.0 Å². The van der Waals surface area contributed by atoms with Crippen LogP contribution < -0.4 is 0 Å². The summed E-state index contributed by atoms with van der Waals surface area (Å²) in [7, 11) is -3.31. The Labute approximate surface area is 182 Å². The highest BCUT2D eigenvalue weighted by Gasteiger charge is 2.32. The summed E-state index contributed by atoms with van der Waals surface area (Å²) in [6, 6.07) is 7.61. The Morgan fingerprint density at radius 1 is 1.17 bits per heavy atom. The summed E-state index contributed by atoms with van der Waals surface area (Å²) in [5.74, 6) is 1.44. The summed E-state index contributed by atoms with van der Waals surface area (Å²) in [6.07, 6.45) is 5.59. The molecule has 0 bridgehead atoms. The molecule has 0 spiro atoms. The van der Waals surface area contributed by atoms with Crippen molar-refractivity contribution in [2.75, 3.05) is 31.9 Å². The van der Waals surface area contributed by atoms with Crippen molar-refractivity contribution in [3.63, 3.8) is 0 Å². The Morgan fingerprint density at radius 2 is 1.97 bits per heavy atom. The van der Waals surface area contributed by atoms with Gasteiger partial charge >= 0.3 is 0 Å². The summed E-state index contributed by atoms with van der Waals surface area (Å²) in [6.45, 7) is 1.51. The minimum atomic E-state index is -3.31. The second kappa shape index (κ2) is 9.08. The highest BCUT2D eigenvalue weighted by molar-refractivity contribution is 7.89. The quantitative estimate of drug-likeness (QED) is 0.697. The smallest absolute Gasteiger partial charge is 0.237 e. The average Bonchev–Trinajstić information content (AvgIpc) is 3.20. The van der Waals surface area contributed by atoms with Gasteiger partial charge in [-0.1, -0.05) is 23.7 Å². The van der Waals surface area contributed by atoms with Crippen molar-refractivity contribution in [3.05, 3.63) is 52.7 Å². The van der Waals surface area contributed by atoms with E-state index in [1.807, 2.05) is 24.3 Å². The number of benzene rings is 1. The van der Waals surface area contributed by atoms with Gasteiger partial charge in [-0.3, -0.25) is 4.79 Å². The zero-order valence-corrected chi connectivity index (χ0v) is 18.4. The number of piperidine rings is 1. The third kappa shape index (κ3) is 5.04. The average molecular weight is 452 g/mol. The fourth-order valence-electron chi connectivity index (χ4n) is 4.07. The number of rotatable bonds is 5. The van der Waals surface area contributed by atoms with E-state index in [0.29, 0.717) is 43.4 Å². The first-order valence-electron chi connectivity index (χ1n) is 10.4. The maximum atomic E-state index is 12.8. The van der Waals surface area contributed by atoms with E-state index in [1.165, 1.54) is 4.31 Å². The standard InChI is InChI=1S/C21H26ClN3O4S/c22-18-7-5-16(6-8-18)12-19-13-23-21(29-19)17-4-3-9-24(14-17)20(26)15-25-10-1-2-11-30(25,27)28/h5-8,13,17H,1-4,9-12,14-15H2/t17-/m1/s1. The molecule has 2 saturated heterocycles. The lowest BCUT2D eigenvalue weighted by Crippen LogP contribution is -2.48. The van der Waals surface area contributed by atoms with E-state index in [9.17, 15) is 13.2 Å². The number of nitrogens with zero attached hydrogens (tertiary/aromatic N) is 3. The minimum absolute atomic E-state index is 0.0274. The van der Waals surface area contributed by atoms with Gasteiger partial charge in [-0.15, -0.1) is 0 Å². The molecule has 30 heavy (non-hydrogen) atoms. The number of carbonyl (C=O) groups is 1. The Morgan fingerprint density at radius 3 is 2.73 bits per heavy atom. The normalized spacial score (nSPS) is 22.2. The lowest BCUT2D eigenvalue weighted by Gasteiger charge is -2.33. The van der Waals surface area contributed by atoms with Crippen LogP contribution in [0.2, 0.25) is 5.02 Å². The molecule has 2 fully saturated rings. The van der Waals surface area contributed by atoms with Gasteiger partial charge < -0.3 is 9.32 Å². The molecule has 1 aromatic carbocycles. The molecule has 1 amide bonds. The topological polar surface area (TPSA) is 83.7 Å². The predicted octanol–water partition coefficient (Wildman–Crippen LogP) is 3.05. The van der Waals surface area contributed by atoms with Gasteiger partial charge in [0.05, 0.1) is 24.4 Å². The fourth-order valence-corrected chi connectivity index (χ4v) is 5.74. The Bertz CT molecular complexity index is 990. The molecule has 4 rings (SSSR count). The molecule has 162 valence electrons. The monoisotopic (exact) mass is 451 g/mol. The number of aromatic nitrogens is 1. The fraction of sp³-hybridized carbons (Fsp3) is 0.524. The van der Waals surface area contributed by atoms with Gasteiger partial charge in [-0.25, -0.2) is 13.4 Å². The number of amides is 1. The largest absolute Gasteiger partial charge is 0.445 e. The van der Waals surface area contributed by atoms with Gasteiger partial charge in [0.25, 0.3) is 0 Å². The summed E-state index contributed by atoms with van der Waals surface area (Å²) in [4.78, 5) is 19.0. The second-order valence-corrected chi connectivity index (χ2v) is 10.5. The first-order chi connectivity index (χ1) is 14.4. The van der Waals surface area contributed by atoms with E-state index in [2.05, 4.69) is 4.98 Å². The zero-order chi connectivity index (χ0) is 21.1. The van der Waals surface area contributed by atoms with Crippen molar-refractivity contribution in [2.45, 2.75) is 38.0 Å². The third-order valence-electron chi connectivity index (χ3n) is 5.75. The Kier molecular flexibility index (Phi) is 6.46. The van der Waals surface area contributed by atoms with Crippen molar-refractivity contribution in [2.24, 2.45) is 0 Å². The molecule has 2 aromatic rings. The lowest BCUT2D eigenvalue weighted by molar-refractivity contribution is -0.132. The molecule has 1 aromatic heterocycles. The van der Waals surface area contributed by atoms with Crippen LogP contribution in [-0.2, 0) is 21.2 Å². The number of hydrogen-bond donors (Lipinski definition) is 0. The molecule has 2 aliphatic rings.